The summed E-state index contributed by atoms with van der Waals surface area (Å²) in [7, 11) is 0. The zero-order valence-corrected chi connectivity index (χ0v) is 9.53. The van der Waals surface area contributed by atoms with Gasteiger partial charge in [-0.15, -0.1) is 0 Å². The van der Waals surface area contributed by atoms with Crippen LogP contribution < -0.4 is 16.2 Å². The van der Waals surface area contributed by atoms with E-state index in [9.17, 15) is 4.79 Å². The predicted molar refractivity (Wildman–Crippen MR) is 64.4 cm³/mol. The minimum Gasteiger partial charge on any atom is -0.491 e. The number of nitrogen functional groups attached to an aromatic ring is 1. The van der Waals surface area contributed by atoms with Crippen LogP contribution in [0.5, 0.6) is 5.75 Å². The summed E-state index contributed by atoms with van der Waals surface area (Å²) in [4.78, 5) is 11.1. The molecule has 0 heterocycles. The number of primary amides is 1. The maximum atomic E-state index is 11.1. The van der Waals surface area contributed by atoms with Gasteiger partial charge in [-0.05, 0) is 18.6 Å². The summed E-state index contributed by atoms with van der Waals surface area (Å²) in [6.45, 7) is 2.67. The van der Waals surface area contributed by atoms with E-state index in [2.05, 4.69) is 6.92 Å². The molecule has 0 saturated heterocycles. The van der Waals surface area contributed by atoms with Gasteiger partial charge in [0, 0.05) is 0 Å². The summed E-state index contributed by atoms with van der Waals surface area (Å²) in [6, 6.07) is 5.00. The lowest BCUT2D eigenvalue weighted by Gasteiger charge is -2.11. The third-order valence-corrected chi connectivity index (χ3v) is 2.31. The first-order valence-electron chi connectivity index (χ1n) is 5.48. The minimum absolute atomic E-state index is 0.344. The van der Waals surface area contributed by atoms with Crippen molar-refractivity contribution in [1.82, 2.24) is 0 Å². The molecule has 4 N–H and O–H groups in total. The molecule has 4 nitrogen and oxygen atoms in total. The number of amides is 1. The Morgan fingerprint density at radius 3 is 2.75 bits per heavy atom. The number of anilines is 1. The molecule has 0 spiro atoms. The molecule has 0 aromatic heterocycles. The van der Waals surface area contributed by atoms with E-state index in [0.717, 1.165) is 19.3 Å². The molecule has 0 radical (unpaired) electrons. The van der Waals surface area contributed by atoms with Crippen LogP contribution in [0.25, 0.3) is 0 Å². The van der Waals surface area contributed by atoms with Gasteiger partial charge in [0.1, 0.15) is 0 Å². The van der Waals surface area contributed by atoms with Crippen molar-refractivity contribution in [3.05, 3.63) is 23.8 Å². The topological polar surface area (TPSA) is 78.3 Å². The molecule has 88 valence electrons. The molecule has 0 aliphatic rings. The van der Waals surface area contributed by atoms with E-state index in [4.69, 9.17) is 16.2 Å². The molecular weight excluding hydrogens is 204 g/mol. The van der Waals surface area contributed by atoms with Crippen LogP contribution >= 0.6 is 0 Å². The smallest absolute Gasteiger partial charge is 0.252 e. The minimum atomic E-state index is -0.516. The van der Waals surface area contributed by atoms with E-state index in [-0.39, 0.29) is 0 Å². The van der Waals surface area contributed by atoms with Gasteiger partial charge >= 0.3 is 0 Å². The average Bonchev–Trinajstić information content (AvgIpc) is 2.25. The molecule has 0 atom stereocenters. The van der Waals surface area contributed by atoms with Gasteiger partial charge in [-0.2, -0.15) is 0 Å². The van der Waals surface area contributed by atoms with Crippen molar-refractivity contribution in [2.24, 2.45) is 5.73 Å². The fraction of sp³-hybridized carbons (Fsp3) is 0.417. The lowest BCUT2D eigenvalue weighted by atomic mass is 10.1. The SMILES string of the molecule is CCCCCOc1c(N)cccc1C(N)=O. The maximum Gasteiger partial charge on any atom is 0.252 e. The molecule has 0 bridgehead atoms. The highest BCUT2D eigenvalue weighted by Gasteiger charge is 2.11. The van der Waals surface area contributed by atoms with Crippen molar-refractivity contribution >= 4 is 11.6 Å². The molecule has 1 rings (SSSR count). The molecule has 16 heavy (non-hydrogen) atoms. The summed E-state index contributed by atoms with van der Waals surface area (Å²) in [5, 5.41) is 0. The Labute approximate surface area is 95.6 Å². The van der Waals surface area contributed by atoms with Gasteiger partial charge in [-0.3, -0.25) is 4.79 Å². The second kappa shape index (κ2) is 6.00. The van der Waals surface area contributed by atoms with Crippen LogP contribution in [0.3, 0.4) is 0 Å². The Morgan fingerprint density at radius 1 is 1.38 bits per heavy atom. The number of ether oxygens (including phenoxy) is 1. The van der Waals surface area contributed by atoms with Crippen LogP contribution in [0.1, 0.15) is 36.5 Å². The number of nitrogens with two attached hydrogens (primary N) is 2. The fourth-order valence-electron chi connectivity index (χ4n) is 1.44. The number of unbranched alkanes of at least 4 members (excludes halogenated alkanes) is 2. The Bertz CT molecular complexity index is 364. The zero-order valence-electron chi connectivity index (χ0n) is 9.53. The first-order chi connectivity index (χ1) is 7.66. The number of benzene rings is 1. The molecule has 0 aliphatic heterocycles. The molecule has 0 fully saturated rings. The molecule has 4 heteroatoms. The van der Waals surface area contributed by atoms with Crippen LogP contribution in [0.15, 0.2) is 18.2 Å². The van der Waals surface area contributed by atoms with E-state index in [1.165, 1.54) is 0 Å². The first-order valence-corrected chi connectivity index (χ1v) is 5.48. The van der Waals surface area contributed by atoms with Crippen molar-refractivity contribution in [3.63, 3.8) is 0 Å². The third kappa shape index (κ3) is 3.15. The highest BCUT2D eigenvalue weighted by Crippen LogP contribution is 2.26. The van der Waals surface area contributed by atoms with E-state index in [0.29, 0.717) is 23.6 Å². The average molecular weight is 222 g/mol. The number of hydrogen-bond acceptors (Lipinski definition) is 3. The summed E-state index contributed by atoms with van der Waals surface area (Å²) in [5.74, 6) is -0.108. The van der Waals surface area contributed by atoms with Gasteiger partial charge < -0.3 is 16.2 Å². The second-order valence-electron chi connectivity index (χ2n) is 3.64. The highest BCUT2D eigenvalue weighted by atomic mass is 16.5. The number of rotatable bonds is 6. The van der Waals surface area contributed by atoms with Crippen molar-refractivity contribution in [2.45, 2.75) is 26.2 Å². The molecule has 0 saturated carbocycles. The molecule has 1 aromatic rings. The van der Waals surface area contributed by atoms with Crippen LogP contribution in [-0.4, -0.2) is 12.5 Å². The fourth-order valence-corrected chi connectivity index (χ4v) is 1.44. The third-order valence-electron chi connectivity index (χ3n) is 2.31. The second-order valence-corrected chi connectivity index (χ2v) is 3.64. The van der Waals surface area contributed by atoms with Gasteiger partial charge in [-0.25, -0.2) is 0 Å². The summed E-state index contributed by atoms with van der Waals surface area (Å²) >= 11 is 0. The van der Waals surface area contributed by atoms with E-state index in [1.54, 1.807) is 18.2 Å². The van der Waals surface area contributed by atoms with Gasteiger partial charge in [0.25, 0.3) is 5.91 Å². The molecule has 1 amide bonds. The normalized spacial score (nSPS) is 10.1. The van der Waals surface area contributed by atoms with Gasteiger partial charge in [0.05, 0.1) is 17.9 Å². The van der Waals surface area contributed by atoms with Crippen molar-refractivity contribution < 1.29 is 9.53 Å². The van der Waals surface area contributed by atoms with Crippen molar-refractivity contribution in [2.75, 3.05) is 12.3 Å². The van der Waals surface area contributed by atoms with Crippen LogP contribution in [0.4, 0.5) is 5.69 Å². The monoisotopic (exact) mass is 222 g/mol. The summed E-state index contributed by atoms with van der Waals surface area (Å²) < 4.78 is 5.51. The number of hydrogen-bond donors (Lipinski definition) is 2. The van der Waals surface area contributed by atoms with Crippen LogP contribution in [0, 0.1) is 0 Å². The zero-order chi connectivity index (χ0) is 12.0. The quantitative estimate of drug-likeness (QED) is 0.570. The van der Waals surface area contributed by atoms with E-state index >= 15 is 0 Å². The Kier molecular flexibility index (Phi) is 4.64. The Balaban J connectivity index is 2.73. The predicted octanol–water partition coefficient (Wildman–Crippen LogP) is 1.94. The van der Waals surface area contributed by atoms with Crippen LogP contribution in [0.2, 0.25) is 0 Å². The summed E-state index contributed by atoms with van der Waals surface area (Å²) in [5.41, 5.74) is 11.8. The van der Waals surface area contributed by atoms with Gasteiger partial charge in [-0.1, -0.05) is 25.8 Å². The van der Waals surface area contributed by atoms with E-state index in [1.807, 2.05) is 0 Å². The maximum absolute atomic E-state index is 11.1. The number of carbonyl (C=O) groups excluding carboxylic acids is 1. The highest BCUT2D eigenvalue weighted by molar-refractivity contribution is 5.97. The lowest BCUT2D eigenvalue weighted by molar-refractivity contribution is 0.0996. The van der Waals surface area contributed by atoms with Crippen molar-refractivity contribution in [3.8, 4) is 5.75 Å². The lowest BCUT2D eigenvalue weighted by Crippen LogP contribution is -2.14. The van der Waals surface area contributed by atoms with Gasteiger partial charge in [0.2, 0.25) is 0 Å². The summed E-state index contributed by atoms with van der Waals surface area (Å²) in [6.07, 6.45) is 3.16. The van der Waals surface area contributed by atoms with E-state index < -0.39 is 5.91 Å². The van der Waals surface area contributed by atoms with Gasteiger partial charge in [0.15, 0.2) is 5.75 Å². The molecular formula is C12H18N2O2. The first kappa shape index (κ1) is 12.4. The van der Waals surface area contributed by atoms with Crippen molar-refractivity contribution in [1.29, 1.82) is 0 Å². The van der Waals surface area contributed by atoms with Crippen LogP contribution in [-0.2, 0) is 0 Å². The molecule has 0 aliphatic carbocycles. The standard InChI is InChI=1S/C12H18N2O2/c1-2-3-4-8-16-11-9(12(14)15)6-5-7-10(11)13/h5-7H,2-4,8,13H2,1H3,(H2,14,15). The molecule has 0 unspecified atom stereocenters. The Morgan fingerprint density at radius 2 is 2.12 bits per heavy atom. The molecule has 1 aromatic carbocycles. The number of carbonyl (C=O) groups is 1. The Hall–Kier alpha value is -1.71. The largest absolute Gasteiger partial charge is 0.491 e. The number of para-hydroxylation sites is 1.